The summed E-state index contributed by atoms with van der Waals surface area (Å²) in [6.45, 7) is 7.91. The Morgan fingerprint density at radius 3 is 2.41 bits per heavy atom. The van der Waals surface area contributed by atoms with Gasteiger partial charge in [-0.1, -0.05) is 47.1 Å². The number of carboxylic acids is 1. The molecule has 0 aliphatic heterocycles. The molecular formula is C27H24N2O3. The van der Waals surface area contributed by atoms with Crippen LogP contribution in [0.5, 0.6) is 0 Å². The first-order chi connectivity index (χ1) is 15.4. The van der Waals surface area contributed by atoms with Crippen LogP contribution in [0, 0.1) is 20.8 Å². The van der Waals surface area contributed by atoms with Gasteiger partial charge in [0.15, 0.2) is 0 Å². The van der Waals surface area contributed by atoms with Crippen LogP contribution in [0.4, 0.5) is 0 Å². The molecule has 2 aromatic heterocycles. The molecule has 5 nitrogen and oxygen atoms in total. The van der Waals surface area contributed by atoms with Gasteiger partial charge < -0.3 is 14.2 Å². The smallest absolute Gasteiger partial charge is 0.336 e. The molecule has 0 amide bonds. The van der Waals surface area contributed by atoms with Crippen LogP contribution in [-0.4, -0.2) is 20.8 Å². The maximum atomic E-state index is 12.4. The summed E-state index contributed by atoms with van der Waals surface area (Å²) in [5, 5.41) is 16.0. The first-order valence-electron chi connectivity index (χ1n) is 10.7. The molecule has 3 aromatic carbocycles. The molecule has 1 atom stereocenters. The lowest BCUT2D eigenvalue weighted by atomic mass is 9.97. The zero-order chi connectivity index (χ0) is 22.6. The number of aromatic nitrogens is 2. The van der Waals surface area contributed by atoms with Crippen molar-refractivity contribution in [1.82, 2.24) is 9.72 Å². The molecule has 0 saturated carbocycles. The Morgan fingerprint density at radius 2 is 1.75 bits per heavy atom. The van der Waals surface area contributed by atoms with E-state index in [1.54, 1.807) is 6.07 Å². The molecule has 0 saturated heterocycles. The van der Waals surface area contributed by atoms with E-state index < -0.39 is 5.97 Å². The van der Waals surface area contributed by atoms with E-state index in [2.05, 4.69) is 53.0 Å². The Balaban J connectivity index is 1.94. The average molecular weight is 425 g/mol. The highest BCUT2D eigenvalue weighted by molar-refractivity contribution is 6.18. The largest absolute Gasteiger partial charge is 0.478 e. The van der Waals surface area contributed by atoms with Crippen molar-refractivity contribution < 1.29 is 14.4 Å². The Hall–Kier alpha value is -3.86. The van der Waals surface area contributed by atoms with Gasteiger partial charge in [-0.25, -0.2) is 4.79 Å². The summed E-state index contributed by atoms with van der Waals surface area (Å²) in [4.78, 5) is 12.4. The monoisotopic (exact) mass is 424 g/mol. The van der Waals surface area contributed by atoms with Gasteiger partial charge in [0.25, 0.3) is 0 Å². The highest BCUT2D eigenvalue weighted by Crippen LogP contribution is 2.40. The minimum atomic E-state index is -0.948. The fourth-order valence-electron chi connectivity index (χ4n) is 4.80. The third-order valence-electron chi connectivity index (χ3n) is 6.28. The summed E-state index contributed by atoms with van der Waals surface area (Å²) in [6, 6.07) is 20.3. The topological polar surface area (TPSA) is 68.3 Å². The van der Waals surface area contributed by atoms with E-state index in [4.69, 9.17) is 4.52 Å². The van der Waals surface area contributed by atoms with Gasteiger partial charge in [0.2, 0.25) is 0 Å². The van der Waals surface area contributed by atoms with Crippen LogP contribution in [0.2, 0.25) is 0 Å². The lowest BCUT2D eigenvalue weighted by Crippen LogP contribution is -2.07. The maximum Gasteiger partial charge on any atom is 0.336 e. The number of benzene rings is 3. The van der Waals surface area contributed by atoms with Crippen LogP contribution < -0.4 is 0 Å². The summed E-state index contributed by atoms with van der Waals surface area (Å²) >= 11 is 0. The Bertz CT molecular complexity index is 1470. The van der Waals surface area contributed by atoms with Crippen molar-refractivity contribution in [3.8, 4) is 11.1 Å². The molecule has 0 aliphatic rings. The highest BCUT2D eigenvalue weighted by atomic mass is 16.5. The van der Waals surface area contributed by atoms with Gasteiger partial charge in [-0.2, -0.15) is 0 Å². The minimum Gasteiger partial charge on any atom is -0.478 e. The zero-order valence-corrected chi connectivity index (χ0v) is 18.5. The van der Waals surface area contributed by atoms with Crippen LogP contribution in [0.1, 0.15) is 45.9 Å². The average Bonchev–Trinajstić information content (AvgIpc) is 3.29. The normalized spacial score (nSPS) is 12.5. The number of nitrogens with zero attached hydrogens (tertiary/aromatic N) is 2. The summed E-state index contributed by atoms with van der Waals surface area (Å²) in [6.07, 6.45) is 0. The van der Waals surface area contributed by atoms with Crippen LogP contribution in [0.25, 0.3) is 32.9 Å². The van der Waals surface area contributed by atoms with Crippen LogP contribution in [0.3, 0.4) is 0 Å². The number of aryl methyl sites for hydroxylation is 3. The summed E-state index contributed by atoms with van der Waals surface area (Å²) in [7, 11) is 0. The Kier molecular flexibility index (Phi) is 4.63. The molecule has 2 heterocycles. The highest BCUT2D eigenvalue weighted by Gasteiger charge is 2.24. The van der Waals surface area contributed by atoms with E-state index in [-0.39, 0.29) is 11.6 Å². The quantitative estimate of drug-likeness (QED) is 0.349. The third kappa shape index (κ3) is 3.01. The second-order valence-corrected chi connectivity index (χ2v) is 8.40. The predicted molar refractivity (Wildman–Crippen MR) is 126 cm³/mol. The van der Waals surface area contributed by atoms with Crippen molar-refractivity contribution in [3.63, 3.8) is 0 Å². The van der Waals surface area contributed by atoms with Gasteiger partial charge in [0, 0.05) is 21.9 Å². The van der Waals surface area contributed by atoms with Gasteiger partial charge in [-0.05, 0) is 63.1 Å². The van der Waals surface area contributed by atoms with Crippen LogP contribution >= 0.6 is 0 Å². The van der Waals surface area contributed by atoms with Crippen molar-refractivity contribution in [1.29, 1.82) is 0 Å². The Morgan fingerprint density at radius 1 is 1.00 bits per heavy atom. The molecule has 1 unspecified atom stereocenters. The van der Waals surface area contributed by atoms with Crippen molar-refractivity contribution in [2.45, 2.75) is 33.7 Å². The standard InChI is InChI=1S/C27H24N2O3/c1-15-10-11-23-21(12-15)26-22(27(30)31)13-20(25-16(2)28-32-18(25)4)14-24(26)29(23)17(3)19-8-6-5-7-9-19/h5-14,17H,1-4H3,(H,30,31). The SMILES string of the molecule is Cc1ccc2c(c1)c1c(C(=O)O)cc(-c3c(C)noc3C)cc1n2C(C)c1ccccc1. The number of carboxylic acid groups (broad SMARTS) is 1. The van der Waals surface area contributed by atoms with E-state index >= 15 is 0 Å². The molecule has 5 rings (SSSR count). The van der Waals surface area contributed by atoms with E-state index in [0.717, 1.165) is 49.8 Å². The summed E-state index contributed by atoms with van der Waals surface area (Å²) in [5.41, 5.74) is 6.82. The van der Waals surface area contributed by atoms with Crippen molar-refractivity contribution in [2.75, 3.05) is 0 Å². The van der Waals surface area contributed by atoms with E-state index in [1.807, 2.05) is 39.0 Å². The van der Waals surface area contributed by atoms with Gasteiger partial charge >= 0.3 is 5.97 Å². The van der Waals surface area contributed by atoms with E-state index in [0.29, 0.717) is 5.76 Å². The molecule has 1 N–H and O–H groups in total. The summed E-state index contributed by atoms with van der Waals surface area (Å²) in [5.74, 6) is -0.274. The molecule has 0 aliphatic carbocycles. The molecule has 0 spiro atoms. The van der Waals surface area contributed by atoms with Gasteiger partial charge in [0.05, 0.1) is 22.8 Å². The fourth-order valence-corrected chi connectivity index (χ4v) is 4.80. The van der Waals surface area contributed by atoms with Gasteiger partial charge in [-0.15, -0.1) is 0 Å². The number of aromatic carboxylic acids is 1. The number of hydrogen-bond donors (Lipinski definition) is 1. The molecule has 160 valence electrons. The molecule has 32 heavy (non-hydrogen) atoms. The van der Waals surface area contributed by atoms with Gasteiger partial charge in [0.1, 0.15) is 5.76 Å². The van der Waals surface area contributed by atoms with Crippen LogP contribution in [0.15, 0.2) is 65.2 Å². The van der Waals surface area contributed by atoms with Gasteiger partial charge in [-0.3, -0.25) is 0 Å². The zero-order valence-electron chi connectivity index (χ0n) is 18.5. The number of fused-ring (bicyclic) bond motifs is 3. The van der Waals surface area contributed by atoms with Crippen molar-refractivity contribution in [2.24, 2.45) is 0 Å². The second-order valence-electron chi connectivity index (χ2n) is 8.40. The number of hydrogen-bond acceptors (Lipinski definition) is 3. The van der Waals surface area contributed by atoms with Crippen LogP contribution in [-0.2, 0) is 0 Å². The lowest BCUT2D eigenvalue weighted by molar-refractivity contribution is 0.0699. The number of carbonyl (C=O) groups is 1. The fraction of sp³-hybridized carbons (Fsp3) is 0.185. The van der Waals surface area contributed by atoms with Crippen molar-refractivity contribution in [3.05, 3.63) is 88.8 Å². The third-order valence-corrected chi connectivity index (χ3v) is 6.28. The molecular weight excluding hydrogens is 400 g/mol. The first-order valence-corrected chi connectivity index (χ1v) is 10.7. The summed E-state index contributed by atoms with van der Waals surface area (Å²) < 4.78 is 7.62. The molecule has 5 heteroatoms. The lowest BCUT2D eigenvalue weighted by Gasteiger charge is -2.18. The van der Waals surface area contributed by atoms with Crippen molar-refractivity contribution >= 4 is 27.8 Å². The Labute approximate surface area is 185 Å². The minimum absolute atomic E-state index is 0.0143. The molecule has 0 bridgehead atoms. The maximum absolute atomic E-state index is 12.4. The molecule has 0 radical (unpaired) electrons. The predicted octanol–water partition coefficient (Wildman–Crippen LogP) is 6.68. The second kappa shape index (κ2) is 7.38. The molecule has 5 aromatic rings. The van der Waals surface area contributed by atoms with E-state index in [9.17, 15) is 9.90 Å². The van der Waals surface area contributed by atoms with E-state index in [1.165, 1.54) is 0 Å². The molecule has 0 fully saturated rings. The first kappa shape index (κ1) is 20.1. The number of rotatable bonds is 4.